The van der Waals surface area contributed by atoms with Crippen LogP contribution in [0.1, 0.15) is 0 Å². The molecule has 3 aromatic heterocycles. The molecule has 0 atom stereocenters. The van der Waals surface area contributed by atoms with Gasteiger partial charge < -0.3 is 0 Å². The van der Waals surface area contributed by atoms with Gasteiger partial charge >= 0.3 is 0 Å². The summed E-state index contributed by atoms with van der Waals surface area (Å²) >= 11 is 1.87. The molecule has 0 radical (unpaired) electrons. The molecule has 0 spiro atoms. The Balaban J connectivity index is 1.28. The zero-order valence-corrected chi connectivity index (χ0v) is 28.7. The van der Waals surface area contributed by atoms with Gasteiger partial charge in [-0.05, 0) is 57.6 Å². The second-order valence-electron chi connectivity index (χ2n) is 13.2. The molecule has 0 aliphatic heterocycles. The van der Waals surface area contributed by atoms with E-state index in [1.54, 1.807) is 0 Å². The lowest BCUT2D eigenvalue weighted by atomic mass is 9.90. The van der Waals surface area contributed by atoms with Crippen LogP contribution in [0.25, 0.3) is 104 Å². The number of aromatic nitrogens is 4. The van der Waals surface area contributed by atoms with Gasteiger partial charge in [-0.15, -0.1) is 11.3 Å². The maximum Gasteiger partial charge on any atom is 0.238 e. The highest BCUT2D eigenvalue weighted by atomic mass is 32.1. The lowest BCUT2D eigenvalue weighted by molar-refractivity contribution is 0.953. The van der Waals surface area contributed by atoms with E-state index in [2.05, 4.69) is 138 Å². The third-order valence-electron chi connectivity index (χ3n) is 10.2. The molecule has 3 heterocycles. The van der Waals surface area contributed by atoms with Crippen molar-refractivity contribution in [3.8, 4) is 72.5 Å². The standard InChI is InChI=1S/C47H28N4S/c1-5-14-29(15-6-1)33-24-25-35-36(28-33)34-22-13-23-37-40(34)42-38(26-27-39-43(42)41(35)44(52-39)30-16-7-2-8-17-30)51(37)47-49-45(31-18-9-3-10-19-31)48-46(50-47)32-20-11-4-12-21-32/h1-28H. The van der Waals surface area contributed by atoms with Crippen LogP contribution in [0.2, 0.25) is 0 Å². The lowest BCUT2D eigenvalue weighted by Crippen LogP contribution is -2.06. The van der Waals surface area contributed by atoms with E-state index >= 15 is 0 Å². The Hall–Kier alpha value is -6.69. The number of hydrogen-bond acceptors (Lipinski definition) is 4. The van der Waals surface area contributed by atoms with Gasteiger partial charge in [-0.1, -0.05) is 146 Å². The Morgan fingerprint density at radius 2 is 0.981 bits per heavy atom. The van der Waals surface area contributed by atoms with E-state index in [0.29, 0.717) is 17.6 Å². The molecule has 1 aliphatic rings. The quantitative estimate of drug-likeness (QED) is 0.182. The summed E-state index contributed by atoms with van der Waals surface area (Å²) in [6, 6.07) is 60.1. The van der Waals surface area contributed by atoms with Gasteiger partial charge in [0.1, 0.15) is 0 Å². The largest absolute Gasteiger partial charge is 0.278 e. The van der Waals surface area contributed by atoms with E-state index in [-0.39, 0.29) is 0 Å². The molecule has 52 heavy (non-hydrogen) atoms. The van der Waals surface area contributed by atoms with Gasteiger partial charge in [0.15, 0.2) is 11.6 Å². The van der Waals surface area contributed by atoms with Gasteiger partial charge in [0.05, 0.1) is 11.0 Å². The predicted octanol–water partition coefficient (Wildman–Crippen LogP) is 12.5. The SMILES string of the molecule is c1ccc(-c2ccc3c(c2)-c2cccc4c2c2c5c-3c(-c3ccccc3)sc5ccc2n4-c2nc(-c3ccccc3)nc(-c3ccccc3)n2)cc1. The van der Waals surface area contributed by atoms with Crippen molar-refractivity contribution in [3.63, 3.8) is 0 Å². The van der Waals surface area contributed by atoms with Crippen LogP contribution in [-0.4, -0.2) is 19.5 Å². The molecule has 0 fully saturated rings. The van der Waals surface area contributed by atoms with E-state index in [0.717, 1.165) is 22.2 Å². The van der Waals surface area contributed by atoms with E-state index < -0.39 is 0 Å². The highest BCUT2D eigenvalue weighted by Gasteiger charge is 2.29. The molecule has 0 bridgehead atoms. The number of benzene rings is 7. The van der Waals surface area contributed by atoms with Gasteiger partial charge in [-0.2, -0.15) is 9.97 Å². The molecule has 0 saturated heterocycles. The van der Waals surface area contributed by atoms with Gasteiger partial charge in [0, 0.05) is 42.4 Å². The first-order chi connectivity index (χ1) is 25.8. The smallest absolute Gasteiger partial charge is 0.238 e. The van der Waals surface area contributed by atoms with Crippen molar-refractivity contribution in [2.75, 3.05) is 0 Å². The van der Waals surface area contributed by atoms with Crippen molar-refractivity contribution < 1.29 is 0 Å². The highest BCUT2D eigenvalue weighted by molar-refractivity contribution is 7.23. The first-order valence-electron chi connectivity index (χ1n) is 17.5. The molecular formula is C47H28N4S. The Kier molecular flexibility index (Phi) is 6.39. The molecule has 10 aromatic rings. The molecule has 0 amide bonds. The lowest BCUT2D eigenvalue weighted by Gasteiger charge is -2.15. The Morgan fingerprint density at radius 1 is 0.385 bits per heavy atom. The summed E-state index contributed by atoms with van der Waals surface area (Å²) in [6.45, 7) is 0. The van der Waals surface area contributed by atoms with E-state index in [4.69, 9.17) is 15.0 Å². The summed E-state index contributed by atoms with van der Waals surface area (Å²) in [5.74, 6) is 1.89. The molecular weight excluding hydrogens is 653 g/mol. The van der Waals surface area contributed by atoms with E-state index in [9.17, 15) is 0 Å². The summed E-state index contributed by atoms with van der Waals surface area (Å²) in [5, 5.41) is 3.73. The third kappa shape index (κ3) is 4.36. The Bertz CT molecular complexity index is 2930. The molecule has 242 valence electrons. The molecule has 0 saturated carbocycles. The zero-order valence-electron chi connectivity index (χ0n) is 27.9. The van der Waals surface area contributed by atoms with Crippen LogP contribution in [0.4, 0.5) is 0 Å². The summed E-state index contributed by atoms with van der Waals surface area (Å²) in [6.07, 6.45) is 0. The minimum absolute atomic E-state index is 0.600. The zero-order chi connectivity index (χ0) is 34.2. The topological polar surface area (TPSA) is 43.6 Å². The number of thiophene rings is 1. The number of rotatable bonds is 5. The maximum absolute atomic E-state index is 5.22. The number of hydrogen-bond donors (Lipinski definition) is 0. The van der Waals surface area contributed by atoms with Gasteiger partial charge in [-0.25, -0.2) is 4.98 Å². The fraction of sp³-hybridized carbons (Fsp3) is 0. The maximum atomic E-state index is 5.22. The predicted molar refractivity (Wildman–Crippen MR) is 216 cm³/mol. The van der Waals surface area contributed by atoms with Crippen molar-refractivity contribution in [2.45, 2.75) is 0 Å². The minimum Gasteiger partial charge on any atom is -0.278 e. The van der Waals surface area contributed by atoms with Crippen LogP contribution in [0.3, 0.4) is 0 Å². The van der Waals surface area contributed by atoms with E-state index in [1.807, 2.05) is 47.7 Å². The second kappa shape index (κ2) is 11.4. The Morgan fingerprint density at radius 3 is 1.63 bits per heavy atom. The normalized spacial score (nSPS) is 11.8. The van der Waals surface area contributed by atoms with Crippen molar-refractivity contribution in [1.29, 1.82) is 0 Å². The molecule has 1 aliphatic carbocycles. The van der Waals surface area contributed by atoms with Crippen molar-refractivity contribution in [2.24, 2.45) is 0 Å². The van der Waals surface area contributed by atoms with Crippen molar-refractivity contribution >= 4 is 43.2 Å². The van der Waals surface area contributed by atoms with Crippen molar-refractivity contribution in [1.82, 2.24) is 19.5 Å². The first kappa shape index (κ1) is 29.1. The third-order valence-corrected chi connectivity index (χ3v) is 11.4. The summed E-state index contributed by atoms with van der Waals surface area (Å²) in [4.78, 5) is 16.7. The van der Waals surface area contributed by atoms with Crippen LogP contribution >= 0.6 is 11.3 Å². The summed E-state index contributed by atoms with van der Waals surface area (Å²) in [5.41, 5.74) is 12.6. The van der Waals surface area contributed by atoms with Gasteiger partial charge in [0.2, 0.25) is 5.95 Å². The highest BCUT2D eigenvalue weighted by Crippen LogP contribution is 2.55. The van der Waals surface area contributed by atoms with Crippen LogP contribution < -0.4 is 0 Å². The molecule has 0 unspecified atom stereocenters. The Labute approximate surface area is 304 Å². The fourth-order valence-electron chi connectivity index (χ4n) is 7.92. The molecule has 5 heteroatoms. The summed E-state index contributed by atoms with van der Waals surface area (Å²) in [7, 11) is 0. The van der Waals surface area contributed by atoms with E-state index in [1.165, 1.54) is 64.7 Å². The molecule has 11 rings (SSSR count). The number of fused-ring (bicyclic) bond motifs is 3. The average Bonchev–Trinajstić information content (AvgIpc) is 3.74. The van der Waals surface area contributed by atoms with Crippen LogP contribution in [0.15, 0.2) is 170 Å². The molecule has 0 N–H and O–H groups in total. The second-order valence-corrected chi connectivity index (χ2v) is 14.2. The van der Waals surface area contributed by atoms with Crippen molar-refractivity contribution in [3.05, 3.63) is 170 Å². The van der Waals surface area contributed by atoms with Gasteiger partial charge in [0.25, 0.3) is 0 Å². The average molecular weight is 681 g/mol. The fourth-order valence-corrected chi connectivity index (χ4v) is 9.15. The minimum atomic E-state index is 0.600. The first-order valence-corrected chi connectivity index (χ1v) is 18.3. The molecule has 7 aromatic carbocycles. The van der Waals surface area contributed by atoms with Crippen LogP contribution in [0, 0.1) is 0 Å². The molecule has 4 nitrogen and oxygen atoms in total. The summed E-state index contributed by atoms with van der Waals surface area (Å²) < 4.78 is 3.52. The number of nitrogens with zero attached hydrogens (tertiary/aromatic N) is 4. The van der Waals surface area contributed by atoms with Crippen LogP contribution in [0.5, 0.6) is 0 Å². The monoisotopic (exact) mass is 680 g/mol. The van der Waals surface area contributed by atoms with Crippen LogP contribution in [-0.2, 0) is 0 Å². The van der Waals surface area contributed by atoms with Gasteiger partial charge in [-0.3, -0.25) is 4.57 Å².